The number of hydrogen-bond donors (Lipinski definition) is 4. The van der Waals surface area contributed by atoms with Gasteiger partial charge in [-0.2, -0.15) is 0 Å². The monoisotopic (exact) mass is 260 g/mol. The van der Waals surface area contributed by atoms with Crippen LogP contribution in [0.4, 0.5) is 0 Å². The fraction of sp³-hybridized carbons (Fsp3) is 0.923. The van der Waals surface area contributed by atoms with Gasteiger partial charge in [-0.15, -0.1) is 0 Å². The van der Waals surface area contributed by atoms with Crippen molar-refractivity contribution in [3.63, 3.8) is 0 Å². The van der Waals surface area contributed by atoms with E-state index >= 15 is 0 Å². The molecule has 0 heterocycles. The van der Waals surface area contributed by atoms with E-state index in [1.165, 1.54) is 6.92 Å². The van der Waals surface area contributed by atoms with Crippen molar-refractivity contribution in [2.45, 2.75) is 51.6 Å². The predicted molar refractivity (Wildman–Crippen MR) is 72.0 cm³/mol. The fourth-order valence-electron chi connectivity index (χ4n) is 1.85. The summed E-state index contributed by atoms with van der Waals surface area (Å²) in [5, 5.41) is 21.0. The first-order chi connectivity index (χ1) is 8.45. The van der Waals surface area contributed by atoms with E-state index in [9.17, 15) is 9.90 Å². The highest BCUT2D eigenvalue weighted by Gasteiger charge is 2.19. The number of carbonyl (C=O) groups is 1. The number of hydrogen-bond acceptors (Lipinski definition) is 4. The maximum Gasteiger partial charge on any atom is 0.220 e. The van der Waals surface area contributed by atoms with Gasteiger partial charge in [0.1, 0.15) is 5.60 Å². The Balaban J connectivity index is 3.86. The second kappa shape index (κ2) is 9.30. The zero-order valence-corrected chi connectivity index (χ0v) is 11.6. The molecule has 5 nitrogen and oxygen atoms in total. The van der Waals surface area contributed by atoms with Gasteiger partial charge in [-0.3, -0.25) is 4.79 Å². The summed E-state index contributed by atoms with van der Waals surface area (Å²) in [4.78, 5) is 11.6. The van der Waals surface area contributed by atoms with Gasteiger partial charge in [-0.1, -0.05) is 19.8 Å². The first kappa shape index (κ1) is 17.4. The van der Waals surface area contributed by atoms with Crippen molar-refractivity contribution in [2.75, 3.05) is 19.7 Å². The molecule has 5 N–H and O–H groups in total. The van der Waals surface area contributed by atoms with E-state index in [0.717, 1.165) is 25.7 Å². The van der Waals surface area contributed by atoms with Crippen LogP contribution in [0.15, 0.2) is 0 Å². The highest BCUT2D eigenvalue weighted by molar-refractivity contribution is 5.75. The molecule has 1 amide bonds. The van der Waals surface area contributed by atoms with Gasteiger partial charge in [0, 0.05) is 13.0 Å². The van der Waals surface area contributed by atoms with Crippen LogP contribution in [0, 0.1) is 5.92 Å². The van der Waals surface area contributed by atoms with Crippen LogP contribution >= 0.6 is 0 Å². The molecule has 108 valence electrons. The van der Waals surface area contributed by atoms with Crippen LogP contribution in [0.2, 0.25) is 0 Å². The molecule has 0 aliphatic rings. The van der Waals surface area contributed by atoms with Crippen molar-refractivity contribution in [2.24, 2.45) is 11.7 Å². The highest BCUT2D eigenvalue weighted by atomic mass is 16.3. The Morgan fingerprint density at radius 2 is 2.06 bits per heavy atom. The van der Waals surface area contributed by atoms with Crippen molar-refractivity contribution in [1.82, 2.24) is 5.32 Å². The first-order valence-corrected chi connectivity index (χ1v) is 6.75. The quantitative estimate of drug-likeness (QED) is 0.457. The summed E-state index contributed by atoms with van der Waals surface area (Å²) in [7, 11) is 0. The summed E-state index contributed by atoms with van der Waals surface area (Å²) in [6.07, 6.45) is 4.43. The Hall–Kier alpha value is -0.650. The lowest BCUT2D eigenvalue weighted by atomic mass is 9.94. The second-order valence-corrected chi connectivity index (χ2v) is 5.20. The Bertz CT molecular complexity index is 226. The third-order valence-corrected chi connectivity index (χ3v) is 3.06. The molecule has 0 aromatic carbocycles. The van der Waals surface area contributed by atoms with Gasteiger partial charge in [0.05, 0.1) is 6.61 Å². The topological polar surface area (TPSA) is 95.6 Å². The van der Waals surface area contributed by atoms with Crippen LogP contribution in [-0.4, -0.2) is 41.4 Å². The summed E-state index contributed by atoms with van der Waals surface area (Å²) in [5.74, 6) is 0.422. The van der Waals surface area contributed by atoms with E-state index in [1.54, 1.807) is 0 Å². The smallest absolute Gasteiger partial charge is 0.220 e. The molecule has 0 rings (SSSR count). The maximum atomic E-state index is 11.6. The Kier molecular flexibility index (Phi) is 8.97. The Labute approximate surface area is 110 Å². The lowest BCUT2D eigenvalue weighted by Gasteiger charge is -2.21. The first-order valence-electron chi connectivity index (χ1n) is 6.75. The molecule has 2 atom stereocenters. The van der Waals surface area contributed by atoms with Crippen LogP contribution in [-0.2, 0) is 4.79 Å². The number of aliphatic hydroxyl groups excluding tert-OH is 1. The lowest BCUT2D eigenvalue weighted by Crippen LogP contribution is -2.43. The van der Waals surface area contributed by atoms with Gasteiger partial charge in [-0.05, 0) is 32.2 Å². The summed E-state index contributed by atoms with van der Waals surface area (Å²) in [6.45, 7) is 3.99. The van der Waals surface area contributed by atoms with Crippen molar-refractivity contribution in [3.8, 4) is 0 Å². The summed E-state index contributed by atoms with van der Waals surface area (Å²) in [5.41, 5.74) is 4.30. The molecule has 0 saturated heterocycles. The number of amides is 1. The molecule has 2 unspecified atom stereocenters. The molecule has 0 aromatic rings. The van der Waals surface area contributed by atoms with Crippen molar-refractivity contribution in [3.05, 3.63) is 0 Å². The number of nitrogens with one attached hydrogen (secondary N) is 1. The fourth-order valence-corrected chi connectivity index (χ4v) is 1.85. The molecule has 0 radical (unpaired) electrons. The predicted octanol–water partition coefficient (Wildman–Crippen LogP) is 0.391. The summed E-state index contributed by atoms with van der Waals surface area (Å²) < 4.78 is 0. The standard InChI is InChI=1S/C13H28N2O3/c1-3-4-11(7-8-14)5-6-12(17)15-9-13(2,18)10-16/h11,16,18H,3-10,14H2,1-2H3,(H,15,17). The third kappa shape index (κ3) is 8.44. The number of rotatable bonds is 10. The van der Waals surface area contributed by atoms with Gasteiger partial charge in [-0.25, -0.2) is 0 Å². The molecule has 18 heavy (non-hydrogen) atoms. The molecular weight excluding hydrogens is 232 g/mol. The Morgan fingerprint density at radius 3 is 2.56 bits per heavy atom. The van der Waals surface area contributed by atoms with E-state index in [2.05, 4.69) is 12.2 Å². The maximum absolute atomic E-state index is 11.6. The largest absolute Gasteiger partial charge is 0.393 e. The molecule has 0 spiro atoms. The van der Waals surface area contributed by atoms with Crippen LogP contribution in [0.5, 0.6) is 0 Å². The summed E-state index contributed by atoms with van der Waals surface area (Å²) >= 11 is 0. The average Bonchev–Trinajstić information content (AvgIpc) is 2.34. The molecule has 5 heteroatoms. The van der Waals surface area contributed by atoms with E-state index in [1.807, 2.05) is 0 Å². The zero-order chi connectivity index (χ0) is 14.0. The van der Waals surface area contributed by atoms with E-state index in [0.29, 0.717) is 18.9 Å². The van der Waals surface area contributed by atoms with Crippen molar-refractivity contribution < 1.29 is 15.0 Å². The van der Waals surface area contributed by atoms with Gasteiger partial charge >= 0.3 is 0 Å². The average molecular weight is 260 g/mol. The molecule has 0 aromatic heterocycles. The van der Waals surface area contributed by atoms with Crippen LogP contribution in [0.3, 0.4) is 0 Å². The third-order valence-electron chi connectivity index (χ3n) is 3.06. The number of carbonyl (C=O) groups excluding carboxylic acids is 1. The van der Waals surface area contributed by atoms with Crippen molar-refractivity contribution >= 4 is 5.91 Å². The zero-order valence-electron chi connectivity index (χ0n) is 11.6. The number of nitrogens with two attached hydrogens (primary N) is 1. The van der Waals surface area contributed by atoms with Gasteiger partial charge in [0.2, 0.25) is 5.91 Å². The van der Waals surface area contributed by atoms with Gasteiger partial charge in [0.25, 0.3) is 0 Å². The second-order valence-electron chi connectivity index (χ2n) is 5.20. The van der Waals surface area contributed by atoms with Gasteiger partial charge < -0.3 is 21.3 Å². The number of aliphatic hydroxyl groups is 2. The summed E-state index contributed by atoms with van der Waals surface area (Å²) in [6, 6.07) is 0. The minimum atomic E-state index is -1.24. The van der Waals surface area contributed by atoms with E-state index in [-0.39, 0.29) is 19.1 Å². The van der Waals surface area contributed by atoms with Crippen LogP contribution in [0.1, 0.15) is 46.0 Å². The van der Waals surface area contributed by atoms with Crippen molar-refractivity contribution in [1.29, 1.82) is 0 Å². The van der Waals surface area contributed by atoms with Gasteiger partial charge in [0.15, 0.2) is 0 Å². The molecule has 0 fully saturated rings. The van der Waals surface area contributed by atoms with Crippen LogP contribution < -0.4 is 11.1 Å². The molecule has 0 aliphatic heterocycles. The Morgan fingerprint density at radius 1 is 1.39 bits per heavy atom. The van der Waals surface area contributed by atoms with E-state index in [4.69, 9.17) is 10.8 Å². The lowest BCUT2D eigenvalue weighted by molar-refractivity contribution is -0.122. The molecule has 0 aliphatic carbocycles. The normalized spacial score (nSPS) is 16.1. The highest BCUT2D eigenvalue weighted by Crippen LogP contribution is 2.16. The molecular formula is C13H28N2O3. The molecule has 0 saturated carbocycles. The van der Waals surface area contributed by atoms with E-state index < -0.39 is 5.60 Å². The van der Waals surface area contributed by atoms with Crippen LogP contribution in [0.25, 0.3) is 0 Å². The molecule has 0 bridgehead atoms. The SMILES string of the molecule is CCCC(CCN)CCC(=O)NCC(C)(O)CO. The minimum Gasteiger partial charge on any atom is -0.393 e. The minimum absolute atomic E-state index is 0.0810.